The highest BCUT2D eigenvalue weighted by molar-refractivity contribution is 6.34. The highest BCUT2D eigenvalue weighted by atomic mass is 35.5. The summed E-state index contributed by atoms with van der Waals surface area (Å²) in [5.41, 5.74) is -0.401. The van der Waals surface area contributed by atoms with Crippen LogP contribution in [0.1, 0.15) is 50.9 Å². The van der Waals surface area contributed by atoms with Gasteiger partial charge >= 0.3 is 6.09 Å². The van der Waals surface area contributed by atoms with Gasteiger partial charge < -0.3 is 19.7 Å². The predicted octanol–water partition coefficient (Wildman–Crippen LogP) is 5.29. The highest BCUT2D eigenvalue weighted by Crippen LogP contribution is 2.25. The number of anilines is 1. The molecule has 1 aliphatic heterocycles. The molecule has 0 spiro atoms. The summed E-state index contributed by atoms with van der Waals surface area (Å²) in [7, 11) is 0. The highest BCUT2D eigenvalue weighted by Gasteiger charge is 2.32. The van der Waals surface area contributed by atoms with Crippen molar-refractivity contribution in [2.45, 2.75) is 58.3 Å². The van der Waals surface area contributed by atoms with Crippen LogP contribution in [0.5, 0.6) is 5.88 Å². The van der Waals surface area contributed by atoms with Gasteiger partial charge in [-0.1, -0.05) is 17.7 Å². The van der Waals surface area contributed by atoms with Crippen molar-refractivity contribution < 1.29 is 23.5 Å². The van der Waals surface area contributed by atoms with E-state index in [1.54, 1.807) is 23.1 Å². The summed E-state index contributed by atoms with van der Waals surface area (Å²) in [5.74, 6) is -0.381. The fourth-order valence-electron chi connectivity index (χ4n) is 3.41. The normalized spacial score (nSPS) is 18.8. The number of aromatic nitrogens is 1. The lowest BCUT2D eigenvalue weighted by Gasteiger charge is -2.38. The predicted molar refractivity (Wildman–Crippen MR) is 120 cm³/mol. The summed E-state index contributed by atoms with van der Waals surface area (Å²) in [6.07, 6.45) is 0.801. The van der Waals surface area contributed by atoms with Gasteiger partial charge in [0.05, 0.1) is 10.6 Å². The standard InChI is InChI=1S/C23H27ClFN3O4/c1-14-12-16(10-11-28(14)22(30)32-23(2,3)4)31-20-7-5-6-19(26-20)27-21(29)17-9-8-15(25)13-18(17)24/h5-9,13-14,16H,10-12H2,1-4H3,(H,26,27,29)/t14-,16+/m1/s1. The van der Waals surface area contributed by atoms with Crippen LogP contribution >= 0.6 is 11.6 Å². The minimum Gasteiger partial charge on any atom is -0.474 e. The van der Waals surface area contributed by atoms with E-state index in [0.717, 1.165) is 6.07 Å². The van der Waals surface area contributed by atoms with Crippen molar-refractivity contribution in [1.29, 1.82) is 0 Å². The van der Waals surface area contributed by atoms with Crippen LogP contribution in [0.4, 0.5) is 15.0 Å². The number of pyridine rings is 1. The molecule has 172 valence electrons. The maximum Gasteiger partial charge on any atom is 0.410 e. The average Bonchev–Trinajstić information content (AvgIpc) is 2.66. The monoisotopic (exact) mass is 463 g/mol. The van der Waals surface area contributed by atoms with Gasteiger partial charge in [0.2, 0.25) is 5.88 Å². The lowest BCUT2D eigenvalue weighted by Crippen LogP contribution is -2.49. The number of carbonyl (C=O) groups excluding carboxylic acids is 2. The van der Waals surface area contributed by atoms with Crippen LogP contribution in [0.25, 0.3) is 0 Å². The van der Waals surface area contributed by atoms with Crippen LogP contribution in [0.15, 0.2) is 36.4 Å². The molecule has 1 saturated heterocycles. The smallest absolute Gasteiger partial charge is 0.410 e. The number of hydrogen-bond acceptors (Lipinski definition) is 5. The zero-order chi connectivity index (χ0) is 23.5. The number of rotatable bonds is 4. The van der Waals surface area contributed by atoms with Crippen molar-refractivity contribution in [3.63, 3.8) is 0 Å². The summed E-state index contributed by atoms with van der Waals surface area (Å²) >= 11 is 5.95. The van der Waals surface area contributed by atoms with E-state index in [-0.39, 0.29) is 34.6 Å². The Hall–Kier alpha value is -2.87. The Morgan fingerprint density at radius 3 is 2.66 bits per heavy atom. The Morgan fingerprint density at radius 1 is 1.25 bits per heavy atom. The molecular formula is C23H27ClFN3O4. The van der Waals surface area contributed by atoms with Crippen LogP contribution in [0, 0.1) is 5.82 Å². The van der Waals surface area contributed by atoms with E-state index in [2.05, 4.69) is 10.3 Å². The van der Waals surface area contributed by atoms with E-state index in [9.17, 15) is 14.0 Å². The lowest BCUT2D eigenvalue weighted by atomic mass is 10.0. The number of carbonyl (C=O) groups is 2. The quantitative estimate of drug-likeness (QED) is 0.666. The molecule has 0 aliphatic carbocycles. The summed E-state index contributed by atoms with van der Waals surface area (Å²) < 4.78 is 24.7. The zero-order valence-electron chi connectivity index (χ0n) is 18.5. The number of nitrogens with zero attached hydrogens (tertiary/aromatic N) is 2. The second-order valence-electron chi connectivity index (χ2n) is 8.73. The molecule has 1 fully saturated rings. The third-order valence-electron chi connectivity index (χ3n) is 4.88. The Kier molecular flexibility index (Phi) is 7.23. The number of ether oxygens (including phenoxy) is 2. The molecule has 9 heteroatoms. The van der Waals surface area contributed by atoms with E-state index in [1.807, 2.05) is 27.7 Å². The molecule has 1 N–H and O–H groups in total. The molecule has 7 nitrogen and oxygen atoms in total. The third-order valence-corrected chi connectivity index (χ3v) is 5.20. The molecule has 32 heavy (non-hydrogen) atoms. The van der Waals surface area contributed by atoms with Gasteiger partial charge in [-0.25, -0.2) is 9.18 Å². The number of halogens is 2. The van der Waals surface area contributed by atoms with Gasteiger partial charge in [0.1, 0.15) is 23.3 Å². The molecule has 3 rings (SSSR count). The molecule has 1 aliphatic rings. The van der Waals surface area contributed by atoms with Gasteiger partial charge in [-0.15, -0.1) is 0 Å². The van der Waals surface area contributed by atoms with E-state index in [4.69, 9.17) is 21.1 Å². The number of hydrogen-bond donors (Lipinski definition) is 1. The molecule has 0 bridgehead atoms. The molecule has 0 saturated carbocycles. The Bertz CT molecular complexity index is 995. The number of piperidine rings is 1. The lowest BCUT2D eigenvalue weighted by molar-refractivity contribution is -0.00149. The Labute approximate surface area is 191 Å². The van der Waals surface area contributed by atoms with Crippen LogP contribution in [-0.4, -0.2) is 46.2 Å². The second-order valence-corrected chi connectivity index (χ2v) is 9.13. The fraction of sp³-hybridized carbons (Fsp3) is 0.435. The van der Waals surface area contributed by atoms with Crippen LogP contribution in [-0.2, 0) is 4.74 Å². The number of nitrogens with one attached hydrogen (secondary N) is 1. The van der Waals surface area contributed by atoms with Crippen molar-refractivity contribution in [2.24, 2.45) is 0 Å². The summed E-state index contributed by atoms with van der Waals surface area (Å²) in [6.45, 7) is 7.99. The summed E-state index contributed by atoms with van der Waals surface area (Å²) in [4.78, 5) is 30.9. The first kappa shape index (κ1) is 23.8. The first-order chi connectivity index (χ1) is 15.0. The summed E-state index contributed by atoms with van der Waals surface area (Å²) in [6, 6.07) is 8.54. The number of likely N-dealkylation sites (tertiary alicyclic amines) is 1. The van der Waals surface area contributed by atoms with Gasteiger partial charge in [-0.3, -0.25) is 4.79 Å². The van der Waals surface area contributed by atoms with Gasteiger partial charge in [-0.05, 0) is 52.0 Å². The first-order valence-corrected chi connectivity index (χ1v) is 10.8. The molecule has 0 unspecified atom stereocenters. The van der Waals surface area contributed by atoms with Crippen molar-refractivity contribution in [3.8, 4) is 5.88 Å². The SMILES string of the molecule is C[C@@H]1C[C@@H](Oc2cccc(NC(=O)c3ccc(F)cc3Cl)n2)CCN1C(=O)OC(C)(C)C. The van der Waals surface area contributed by atoms with E-state index < -0.39 is 17.3 Å². The Morgan fingerprint density at radius 2 is 2.00 bits per heavy atom. The fourth-order valence-corrected chi connectivity index (χ4v) is 3.66. The van der Waals surface area contributed by atoms with Crippen LogP contribution in [0.2, 0.25) is 5.02 Å². The maximum absolute atomic E-state index is 13.2. The summed E-state index contributed by atoms with van der Waals surface area (Å²) in [5, 5.41) is 2.66. The minimum absolute atomic E-state index is 0.0145. The average molecular weight is 464 g/mol. The Balaban J connectivity index is 1.59. The van der Waals surface area contributed by atoms with Gasteiger partial charge in [-0.2, -0.15) is 4.98 Å². The number of benzene rings is 1. The minimum atomic E-state index is -0.545. The van der Waals surface area contributed by atoms with Crippen molar-refractivity contribution in [1.82, 2.24) is 9.88 Å². The van der Waals surface area contributed by atoms with Gasteiger partial charge in [0.25, 0.3) is 5.91 Å². The molecule has 1 aromatic carbocycles. The van der Waals surface area contributed by atoms with E-state index in [1.165, 1.54) is 12.1 Å². The van der Waals surface area contributed by atoms with Crippen molar-refractivity contribution in [2.75, 3.05) is 11.9 Å². The van der Waals surface area contributed by atoms with Crippen molar-refractivity contribution in [3.05, 3.63) is 52.8 Å². The van der Waals surface area contributed by atoms with Crippen LogP contribution < -0.4 is 10.1 Å². The van der Waals surface area contributed by atoms with Gasteiger partial charge in [0.15, 0.2) is 0 Å². The second kappa shape index (κ2) is 9.73. The molecule has 1 aromatic heterocycles. The van der Waals surface area contributed by atoms with E-state index in [0.29, 0.717) is 25.3 Å². The van der Waals surface area contributed by atoms with Crippen LogP contribution in [0.3, 0.4) is 0 Å². The molecular weight excluding hydrogens is 437 g/mol. The topological polar surface area (TPSA) is 80.8 Å². The zero-order valence-corrected chi connectivity index (χ0v) is 19.3. The molecule has 2 aromatic rings. The molecule has 2 heterocycles. The molecule has 2 atom stereocenters. The van der Waals surface area contributed by atoms with Gasteiger partial charge in [0, 0.05) is 31.5 Å². The van der Waals surface area contributed by atoms with Crippen molar-refractivity contribution >= 4 is 29.4 Å². The molecule has 0 radical (unpaired) electrons. The number of amides is 2. The van der Waals surface area contributed by atoms with E-state index >= 15 is 0 Å². The maximum atomic E-state index is 13.2. The molecule has 2 amide bonds. The largest absolute Gasteiger partial charge is 0.474 e. The first-order valence-electron chi connectivity index (χ1n) is 10.4. The third kappa shape index (κ3) is 6.32.